The second-order valence-electron chi connectivity index (χ2n) is 7.36. The van der Waals surface area contributed by atoms with E-state index >= 15 is 0 Å². The number of nitrogens with zero attached hydrogens (tertiary/aromatic N) is 1. The maximum atomic E-state index is 12.5. The van der Waals surface area contributed by atoms with Gasteiger partial charge in [0.25, 0.3) is 0 Å². The molecule has 0 unspecified atom stereocenters. The molecule has 1 amide bonds. The molecule has 0 bridgehead atoms. The van der Waals surface area contributed by atoms with Crippen LogP contribution in [0.5, 0.6) is 5.75 Å². The van der Waals surface area contributed by atoms with Crippen LogP contribution < -0.4 is 15.0 Å². The molecule has 1 fully saturated rings. The summed E-state index contributed by atoms with van der Waals surface area (Å²) in [6, 6.07) is 6.71. The number of rotatable bonds is 3. The number of aryl methyl sites for hydroxylation is 1. The minimum Gasteiger partial charge on any atom is -0.489 e. The summed E-state index contributed by atoms with van der Waals surface area (Å²) in [5, 5.41) is 3.27. The van der Waals surface area contributed by atoms with E-state index in [1.54, 1.807) is 0 Å². The number of amides is 1. The van der Waals surface area contributed by atoms with E-state index in [0.29, 0.717) is 19.1 Å². The van der Waals surface area contributed by atoms with Gasteiger partial charge in [0.15, 0.2) is 0 Å². The Morgan fingerprint density at radius 1 is 1.21 bits per heavy atom. The molecule has 2 aliphatic rings. The van der Waals surface area contributed by atoms with Crippen LogP contribution in [0.15, 0.2) is 18.2 Å². The van der Waals surface area contributed by atoms with Crippen LogP contribution in [-0.4, -0.2) is 31.6 Å². The van der Waals surface area contributed by atoms with Crippen LogP contribution in [-0.2, 0) is 4.79 Å². The quantitative estimate of drug-likeness (QED) is 0.916. The first-order valence-electron chi connectivity index (χ1n) is 9.39. The lowest BCUT2D eigenvalue weighted by atomic mass is 9.96. The Kier molecular flexibility index (Phi) is 5.64. The van der Waals surface area contributed by atoms with Crippen LogP contribution in [0.25, 0.3) is 0 Å². The van der Waals surface area contributed by atoms with Crippen LogP contribution >= 0.6 is 0 Å². The van der Waals surface area contributed by atoms with Crippen molar-refractivity contribution in [1.82, 2.24) is 5.32 Å². The van der Waals surface area contributed by atoms with E-state index in [0.717, 1.165) is 24.3 Å². The molecule has 3 rings (SSSR count). The van der Waals surface area contributed by atoms with Crippen molar-refractivity contribution in [1.29, 1.82) is 0 Å². The molecule has 1 aliphatic heterocycles. The summed E-state index contributed by atoms with van der Waals surface area (Å²) in [5.41, 5.74) is 2.28. The summed E-state index contributed by atoms with van der Waals surface area (Å²) in [6.45, 7) is 2.64. The predicted molar refractivity (Wildman–Crippen MR) is 97.7 cm³/mol. The van der Waals surface area contributed by atoms with Crippen LogP contribution in [0.1, 0.15) is 56.9 Å². The highest BCUT2D eigenvalue weighted by molar-refractivity contribution is 5.78. The number of nitrogens with one attached hydrogen (secondary N) is 1. The second-order valence-corrected chi connectivity index (χ2v) is 7.36. The van der Waals surface area contributed by atoms with Crippen molar-refractivity contribution in [3.8, 4) is 5.75 Å². The number of fused-ring (bicyclic) bond motifs is 1. The average molecular weight is 330 g/mol. The Morgan fingerprint density at radius 3 is 2.67 bits per heavy atom. The molecule has 0 radical (unpaired) electrons. The van der Waals surface area contributed by atoms with Gasteiger partial charge in [-0.2, -0.15) is 0 Å². The van der Waals surface area contributed by atoms with Crippen LogP contribution in [0, 0.1) is 6.92 Å². The van der Waals surface area contributed by atoms with Crippen LogP contribution in [0.4, 0.5) is 5.69 Å². The van der Waals surface area contributed by atoms with E-state index in [2.05, 4.69) is 42.4 Å². The topological polar surface area (TPSA) is 41.6 Å². The van der Waals surface area contributed by atoms with Gasteiger partial charge in [0, 0.05) is 13.1 Å². The third-order valence-electron chi connectivity index (χ3n) is 5.37. The van der Waals surface area contributed by atoms with Crippen molar-refractivity contribution < 1.29 is 9.53 Å². The van der Waals surface area contributed by atoms with Gasteiger partial charge in [0.05, 0.1) is 18.2 Å². The summed E-state index contributed by atoms with van der Waals surface area (Å²) in [6.07, 6.45) is 9.21. The van der Waals surface area contributed by atoms with E-state index in [1.165, 1.54) is 37.7 Å². The first kappa shape index (κ1) is 17.1. The maximum absolute atomic E-state index is 12.5. The molecule has 1 N–H and O–H groups in total. The SMILES string of the molecule is Cc1ccc2c(c1)OC[C@@H](CC(=O)NC1CCCCCCC1)N2C. The third kappa shape index (κ3) is 4.22. The lowest BCUT2D eigenvalue weighted by molar-refractivity contribution is -0.122. The Hall–Kier alpha value is -1.71. The monoisotopic (exact) mass is 330 g/mol. The van der Waals surface area contributed by atoms with Gasteiger partial charge in [-0.25, -0.2) is 0 Å². The second kappa shape index (κ2) is 7.91. The standard InChI is InChI=1S/C20H30N2O2/c1-15-10-11-18-19(12-15)24-14-17(22(18)2)13-20(23)21-16-8-6-4-3-5-7-9-16/h10-12,16-17H,3-9,13-14H2,1-2H3,(H,21,23)/t17-/m1/s1. The van der Waals surface area contributed by atoms with Gasteiger partial charge in [-0.3, -0.25) is 4.79 Å². The van der Waals surface area contributed by atoms with Crippen molar-refractivity contribution in [2.45, 2.75) is 70.4 Å². The van der Waals surface area contributed by atoms with E-state index in [1.807, 2.05) is 0 Å². The van der Waals surface area contributed by atoms with Gasteiger partial charge in [0.2, 0.25) is 5.91 Å². The van der Waals surface area contributed by atoms with E-state index in [4.69, 9.17) is 4.74 Å². The van der Waals surface area contributed by atoms with E-state index in [9.17, 15) is 4.79 Å². The number of anilines is 1. The predicted octanol–water partition coefficient (Wildman–Crippen LogP) is 3.81. The minimum atomic E-state index is 0.105. The summed E-state index contributed by atoms with van der Waals surface area (Å²) < 4.78 is 5.89. The van der Waals surface area contributed by atoms with E-state index < -0.39 is 0 Å². The zero-order valence-electron chi connectivity index (χ0n) is 15.0. The van der Waals surface area contributed by atoms with Crippen molar-refractivity contribution in [3.05, 3.63) is 23.8 Å². The third-order valence-corrected chi connectivity index (χ3v) is 5.37. The maximum Gasteiger partial charge on any atom is 0.222 e. The molecule has 132 valence electrons. The van der Waals surface area contributed by atoms with Gasteiger partial charge in [-0.15, -0.1) is 0 Å². The zero-order valence-corrected chi connectivity index (χ0v) is 15.0. The first-order chi connectivity index (χ1) is 11.6. The molecular weight excluding hydrogens is 300 g/mol. The van der Waals surface area contributed by atoms with E-state index in [-0.39, 0.29) is 11.9 Å². The summed E-state index contributed by atoms with van der Waals surface area (Å²) in [5.74, 6) is 1.09. The molecule has 1 atom stereocenters. The Morgan fingerprint density at radius 2 is 1.92 bits per heavy atom. The number of likely N-dealkylation sites (N-methyl/N-ethyl adjacent to an activating group) is 1. The fourth-order valence-electron chi connectivity index (χ4n) is 3.82. The lowest BCUT2D eigenvalue weighted by Gasteiger charge is -2.36. The minimum absolute atomic E-state index is 0.105. The number of hydrogen-bond acceptors (Lipinski definition) is 3. The number of ether oxygens (including phenoxy) is 1. The molecule has 24 heavy (non-hydrogen) atoms. The first-order valence-corrected chi connectivity index (χ1v) is 9.39. The number of carbonyl (C=O) groups excluding carboxylic acids is 1. The Balaban J connectivity index is 1.55. The number of benzene rings is 1. The van der Waals surface area contributed by atoms with Crippen molar-refractivity contribution in [3.63, 3.8) is 0 Å². The number of hydrogen-bond donors (Lipinski definition) is 1. The van der Waals surface area contributed by atoms with Crippen molar-refractivity contribution in [2.24, 2.45) is 0 Å². The number of carbonyl (C=O) groups is 1. The van der Waals surface area contributed by atoms with Crippen LogP contribution in [0.3, 0.4) is 0 Å². The normalized spacial score (nSPS) is 22.1. The fraction of sp³-hybridized carbons (Fsp3) is 0.650. The molecule has 0 spiro atoms. The highest BCUT2D eigenvalue weighted by Crippen LogP contribution is 2.34. The smallest absolute Gasteiger partial charge is 0.222 e. The highest BCUT2D eigenvalue weighted by Gasteiger charge is 2.27. The summed E-state index contributed by atoms with van der Waals surface area (Å²) in [7, 11) is 2.06. The summed E-state index contributed by atoms with van der Waals surface area (Å²) in [4.78, 5) is 14.7. The molecule has 4 heteroatoms. The molecular formula is C20H30N2O2. The fourth-order valence-corrected chi connectivity index (χ4v) is 3.82. The van der Waals surface area contributed by atoms with Gasteiger partial charge >= 0.3 is 0 Å². The molecule has 0 saturated heterocycles. The zero-order chi connectivity index (χ0) is 16.9. The molecule has 4 nitrogen and oxygen atoms in total. The summed E-state index contributed by atoms with van der Waals surface area (Å²) >= 11 is 0. The Labute approximate surface area is 145 Å². The van der Waals surface area contributed by atoms with Gasteiger partial charge in [-0.1, -0.05) is 38.2 Å². The van der Waals surface area contributed by atoms with Gasteiger partial charge in [-0.05, 0) is 37.5 Å². The molecule has 1 heterocycles. The molecule has 1 aromatic carbocycles. The molecule has 1 saturated carbocycles. The van der Waals surface area contributed by atoms with Crippen LogP contribution in [0.2, 0.25) is 0 Å². The average Bonchev–Trinajstić information content (AvgIpc) is 2.52. The Bertz CT molecular complexity index is 565. The van der Waals surface area contributed by atoms with Gasteiger partial charge < -0.3 is 15.0 Å². The molecule has 0 aromatic heterocycles. The lowest BCUT2D eigenvalue weighted by Crippen LogP contribution is -2.45. The molecule has 1 aliphatic carbocycles. The molecule has 1 aromatic rings. The van der Waals surface area contributed by atoms with Crippen molar-refractivity contribution >= 4 is 11.6 Å². The highest BCUT2D eigenvalue weighted by atomic mass is 16.5. The van der Waals surface area contributed by atoms with Crippen molar-refractivity contribution in [2.75, 3.05) is 18.6 Å². The largest absolute Gasteiger partial charge is 0.489 e. The van der Waals surface area contributed by atoms with Gasteiger partial charge in [0.1, 0.15) is 12.4 Å².